The number of anilines is 1. The number of amides is 2. The number of ether oxygens (including phenoxy) is 1. The van der Waals surface area contributed by atoms with Gasteiger partial charge in [-0.2, -0.15) is 0 Å². The van der Waals surface area contributed by atoms with Crippen LogP contribution in [0.2, 0.25) is 0 Å². The number of benzene rings is 1. The maximum absolute atomic E-state index is 12.3. The molecule has 1 aromatic rings. The zero-order valence-corrected chi connectivity index (χ0v) is 16.8. The van der Waals surface area contributed by atoms with Crippen LogP contribution in [0, 0.1) is 0 Å². The van der Waals surface area contributed by atoms with E-state index in [1.165, 1.54) is 24.8 Å². The van der Waals surface area contributed by atoms with E-state index in [-0.39, 0.29) is 23.6 Å². The number of carbonyl (C=O) groups excluding carboxylic acids is 1. The molecule has 2 N–H and O–H groups in total. The predicted molar refractivity (Wildman–Crippen MR) is 107 cm³/mol. The van der Waals surface area contributed by atoms with Crippen LogP contribution in [0.4, 0.5) is 10.5 Å². The second-order valence-corrected chi connectivity index (χ2v) is 10.00. The maximum Gasteiger partial charge on any atom is 0.319 e. The van der Waals surface area contributed by atoms with Crippen molar-refractivity contribution >= 4 is 21.6 Å². The fourth-order valence-electron chi connectivity index (χ4n) is 4.00. The van der Waals surface area contributed by atoms with Crippen molar-refractivity contribution in [3.63, 3.8) is 0 Å². The molecule has 2 atom stereocenters. The molecule has 7 heteroatoms. The molecule has 2 aliphatic rings. The van der Waals surface area contributed by atoms with Gasteiger partial charge < -0.3 is 15.4 Å². The third-order valence-electron chi connectivity index (χ3n) is 5.46. The van der Waals surface area contributed by atoms with Crippen molar-refractivity contribution in [2.75, 3.05) is 23.4 Å². The van der Waals surface area contributed by atoms with Gasteiger partial charge in [0, 0.05) is 18.3 Å². The monoisotopic (exact) mass is 394 g/mol. The zero-order chi connectivity index (χ0) is 19.3. The van der Waals surface area contributed by atoms with E-state index in [9.17, 15) is 13.2 Å². The van der Waals surface area contributed by atoms with E-state index in [4.69, 9.17) is 4.74 Å². The first-order valence-corrected chi connectivity index (χ1v) is 11.7. The molecule has 0 aliphatic carbocycles. The van der Waals surface area contributed by atoms with Gasteiger partial charge in [0.05, 0.1) is 17.1 Å². The number of nitrogens with one attached hydrogen (secondary N) is 2. The van der Waals surface area contributed by atoms with Crippen LogP contribution in [0.3, 0.4) is 0 Å². The summed E-state index contributed by atoms with van der Waals surface area (Å²) in [4.78, 5) is 12.3. The molecule has 1 spiro atoms. The standard InChI is InChI=1S/C20H30N2O4S/c1-2-3-4-5-16-6-8-17(9-7-16)21-19(23)22-18-10-12-26-20(14-18)11-13-27(24,25)15-20/h6-9,18H,2-5,10-15H2,1H3,(H2,21,22,23)/t18-,20-/m1/s1. The smallest absolute Gasteiger partial charge is 0.319 e. The Kier molecular flexibility index (Phi) is 6.42. The highest BCUT2D eigenvalue weighted by Gasteiger charge is 2.46. The van der Waals surface area contributed by atoms with Crippen LogP contribution in [-0.4, -0.2) is 44.2 Å². The average Bonchev–Trinajstić information content (AvgIpc) is 2.90. The van der Waals surface area contributed by atoms with Crippen LogP contribution in [0.1, 0.15) is 51.0 Å². The Balaban J connectivity index is 1.49. The van der Waals surface area contributed by atoms with Gasteiger partial charge in [-0.25, -0.2) is 13.2 Å². The van der Waals surface area contributed by atoms with E-state index in [1.807, 2.05) is 12.1 Å². The molecule has 6 nitrogen and oxygen atoms in total. The van der Waals surface area contributed by atoms with Gasteiger partial charge >= 0.3 is 6.03 Å². The molecule has 2 fully saturated rings. The lowest BCUT2D eigenvalue weighted by atomic mass is 9.90. The number of hydrogen-bond donors (Lipinski definition) is 2. The Morgan fingerprint density at radius 3 is 2.70 bits per heavy atom. The molecule has 2 saturated heterocycles. The van der Waals surface area contributed by atoms with Crippen LogP contribution < -0.4 is 10.6 Å². The minimum atomic E-state index is -3.02. The van der Waals surface area contributed by atoms with E-state index in [0.29, 0.717) is 25.9 Å². The van der Waals surface area contributed by atoms with Gasteiger partial charge in [0.1, 0.15) is 0 Å². The van der Waals surface area contributed by atoms with Gasteiger partial charge in [-0.3, -0.25) is 0 Å². The summed E-state index contributed by atoms with van der Waals surface area (Å²) >= 11 is 0. The summed E-state index contributed by atoms with van der Waals surface area (Å²) in [6.07, 6.45) is 6.46. The predicted octanol–water partition coefficient (Wildman–Crippen LogP) is 3.28. The molecule has 0 aromatic heterocycles. The first-order chi connectivity index (χ1) is 12.9. The van der Waals surface area contributed by atoms with Gasteiger partial charge in [0.2, 0.25) is 0 Å². The van der Waals surface area contributed by atoms with Crippen LogP contribution in [0.25, 0.3) is 0 Å². The molecule has 2 amide bonds. The molecule has 150 valence electrons. The van der Waals surface area contributed by atoms with Crippen LogP contribution >= 0.6 is 0 Å². The van der Waals surface area contributed by atoms with E-state index >= 15 is 0 Å². The van der Waals surface area contributed by atoms with Crippen molar-refractivity contribution in [3.8, 4) is 0 Å². The SMILES string of the molecule is CCCCCc1ccc(NC(=O)N[C@@H]2CCO[C@]3(CCS(=O)(=O)C3)C2)cc1. The Labute approximate surface area is 162 Å². The highest BCUT2D eigenvalue weighted by atomic mass is 32.2. The van der Waals surface area contributed by atoms with Gasteiger partial charge in [-0.15, -0.1) is 0 Å². The largest absolute Gasteiger partial charge is 0.374 e. The summed E-state index contributed by atoms with van der Waals surface area (Å²) in [6, 6.07) is 7.64. The van der Waals surface area contributed by atoms with Crippen LogP contribution in [-0.2, 0) is 21.0 Å². The van der Waals surface area contributed by atoms with Crippen molar-refractivity contribution in [1.29, 1.82) is 0 Å². The number of hydrogen-bond acceptors (Lipinski definition) is 4. The second kappa shape index (κ2) is 8.61. The van der Waals surface area contributed by atoms with Gasteiger partial charge in [-0.05, 0) is 49.8 Å². The number of carbonyl (C=O) groups is 1. The maximum atomic E-state index is 12.3. The zero-order valence-electron chi connectivity index (χ0n) is 16.0. The molecule has 0 bridgehead atoms. The van der Waals surface area contributed by atoms with E-state index in [1.54, 1.807) is 0 Å². The number of rotatable bonds is 6. The summed E-state index contributed by atoms with van der Waals surface area (Å²) in [5.41, 5.74) is 1.43. The Morgan fingerprint density at radius 1 is 1.26 bits per heavy atom. The molecule has 0 unspecified atom stereocenters. The fourth-order valence-corrected chi connectivity index (χ4v) is 5.97. The highest BCUT2D eigenvalue weighted by Crippen LogP contribution is 2.35. The summed E-state index contributed by atoms with van der Waals surface area (Å²) in [5.74, 6) is 0.246. The molecule has 2 heterocycles. The highest BCUT2D eigenvalue weighted by molar-refractivity contribution is 7.91. The average molecular weight is 395 g/mol. The summed E-state index contributed by atoms with van der Waals surface area (Å²) in [7, 11) is -3.02. The molecule has 3 rings (SSSR count). The summed E-state index contributed by atoms with van der Waals surface area (Å²) < 4.78 is 29.4. The number of aryl methyl sites for hydroxylation is 1. The lowest BCUT2D eigenvalue weighted by Gasteiger charge is -2.37. The number of urea groups is 1. The Hall–Kier alpha value is -1.60. The lowest BCUT2D eigenvalue weighted by molar-refractivity contribution is -0.0685. The first-order valence-electron chi connectivity index (χ1n) is 9.91. The van der Waals surface area contributed by atoms with Crippen molar-refractivity contribution in [2.45, 2.75) is 63.5 Å². The molecule has 0 radical (unpaired) electrons. The minimum Gasteiger partial charge on any atom is -0.374 e. The van der Waals surface area contributed by atoms with Crippen LogP contribution in [0.15, 0.2) is 24.3 Å². The topological polar surface area (TPSA) is 84.5 Å². The van der Waals surface area contributed by atoms with Crippen molar-refractivity contribution in [2.24, 2.45) is 0 Å². The third-order valence-corrected chi connectivity index (χ3v) is 7.25. The summed E-state index contributed by atoms with van der Waals surface area (Å²) in [6.45, 7) is 2.67. The van der Waals surface area contributed by atoms with E-state index in [0.717, 1.165) is 12.1 Å². The lowest BCUT2D eigenvalue weighted by Crippen LogP contribution is -2.50. The molecule has 27 heavy (non-hydrogen) atoms. The van der Waals surface area contributed by atoms with Crippen LogP contribution in [0.5, 0.6) is 0 Å². The molecule has 1 aromatic carbocycles. The van der Waals surface area contributed by atoms with Gasteiger partial charge in [0.15, 0.2) is 9.84 Å². The first kappa shape index (κ1) is 20.1. The number of unbranched alkanes of at least 4 members (excludes halogenated alkanes) is 2. The quantitative estimate of drug-likeness (QED) is 0.725. The van der Waals surface area contributed by atoms with Crippen molar-refractivity contribution < 1.29 is 17.9 Å². The van der Waals surface area contributed by atoms with Gasteiger partial charge in [0.25, 0.3) is 0 Å². The van der Waals surface area contributed by atoms with Crippen molar-refractivity contribution in [3.05, 3.63) is 29.8 Å². The Bertz CT molecular complexity index is 748. The van der Waals surface area contributed by atoms with Gasteiger partial charge in [-0.1, -0.05) is 31.9 Å². The van der Waals surface area contributed by atoms with E-state index < -0.39 is 15.4 Å². The van der Waals surface area contributed by atoms with Crippen molar-refractivity contribution in [1.82, 2.24) is 5.32 Å². The second-order valence-electron chi connectivity index (χ2n) is 7.82. The number of sulfone groups is 1. The Morgan fingerprint density at radius 2 is 2.04 bits per heavy atom. The third kappa shape index (κ3) is 5.69. The fraction of sp³-hybridized carbons (Fsp3) is 0.650. The van der Waals surface area contributed by atoms with E-state index in [2.05, 4.69) is 29.7 Å². The molecular formula is C20H30N2O4S. The molecule has 0 saturated carbocycles. The molecular weight excluding hydrogens is 364 g/mol. The minimum absolute atomic E-state index is 0.0687. The normalized spacial score (nSPS) is 26.8. The molecule has 2 aliphatic heterocycles. The summed E-state index contributed by atoms with van der Waals surface area (Å²) in [5, 5.41) is 5.85.